The Morgan fingerprint density at radius 2 is 1.68 bits per heavy atom. The van der Waals surface area contributed by atoms with E-state index in [1.54, 1.807) is 0 Å². The zero-order chi connectivity index (χ0) is 18.8. The smallest absolute Gasteiger partial charge is 0.307 e. The summed E-state index contributed by atoms with van der Waals surface area (Å²) in [6.45, 7) is 6.31. The van der Waals surface area contributed by atoms with E-state index in [9.17, 15) is 19.8 Å². The second kappa shape index (κ2) is 11.7. The molecule has 0 aliphatic heterocycles. The molecule has 1 unspecified atom stereocenters. The molecule has 5 atom stereocenters. The molecule has 4 nitrogen and oxygen atoms in total. The molecule has 1 fully saturated rings. The van der Waals surface area contributed by atoms with Crippen LogP contribution in [0.15, 0.2) is 0 Å². The average Bonchev–Trinajstić information content (AvgIpc) is 2.83. The van der Waals surface area contributed by atoms with Crippen molar-refractivity contribution in [2.75, 3.05) is 0 Å². The highest BCUT2D eigenvalue weighted by Gasteiger charge is 2.46. The number of hydrogen-bond acceptors (Lipinski definition) is 3. The molecule has 1 aliphatic carbocycles. The fraction of sp³-hybridized carbons (Fsp3) is 0.905. The van der Waals surface area contributed by atoms with Crippen LogP contribution in [0, 0.1) is 23.7 Å². The Kier molecular flexibility index (Phi) is 10.3. The fourth-order valence-electron chi connectivity index (χ4n) is 4.41. The van der Waals surface area contributed by atoms with Gasteiger partial charge in [0.2, 0.25) is 0 Å². The fourth-order valence-corrected chi connectivity index (χ4v) is 4.41. The van der Waals surface area contributed by atoms with Crippen LogP contribution in [-0.2, 0) is 9.59 Å². The first-order valence-electron chi connectivity index (χ1n) is 10.4. The third-order valence-corrected chi connectivity index (χ3v) is 5.93. The Balaban J connectivity index is 2.67. The molecule has 4 heteroatoms. The molecule has 1 saturated carbocycles. The minimum Gasteiger partial charge on any atom is -0.481 e. The third kappa shape index (κ3) is 7.08. The summed E-state index contributed by atoms with van der Waals surface area (Å²) in [5, 5.41) is 19.9. The van der Waals surface area contributed by atoms with Gasteiger partial charge in [0, 0.05) is 12.3 Å². The molecule has 1 aliphatic rings. The van der Waals surface area contributed by atoms with E-state index in [1.807, 2.05) is 0 Å². The van der Waals surface area contributed by atoms with Crippen molar-refractivity contribution in [2.45, 2.75) is 97.5 Å². The topological polar surface area (TPSA) is 74.6 Å². The Morgan fingerprint density at radius 3 is 2.24 bits per heavy atom. The summed E-state index contributed by atoms with van der Waals surface area (Å²) >= 11 is 0. The van der Waals surface area contributed by atoms with E-state index in [2.05, 4.69) is 20.8 Å². The van der Waals surface area contributed by atoms with Crippen LogP contribution >= 0.6 is 0 Å². The highest BCUT2D eigenvalue weighted by molar-refractivity contribution is 5.88. The van der Waals surface area contributed by atoms with Crippen LogP contribution in [0.3, 0.4) is 0 Å². The molecule has 0 amide bonds. The first-order valence-corrected chi connectivity index (χ1v) is 10.4. The summed E-state index contributed by atoms with van der Waals surface area (Å²) in [5.41, 5.74) is 0. The molecule has 0 aromatic heterocycles. The molecule has 25 heavy (non-hydrogen) atoms. The molecule has 0 aromatic rings. The minimum absolute atomic E-state index is 0.107. The normalized spacial score (nSPS) is 25.9. The van der Waals surface area contributed by atoms with Gasteiger partial charge in [0.05, 0.1) is 12.0 Å². The lowest BCUT2D eigenvalue weighted by atomic mass is 9.76. The van der Waals surface area contributed by atoms with Gasteiger partial charge in [-0.05, 0) is 37.5 Å². The number of ketones is 1. The van der Waals surface area contributed by atoms with Crippen LogP contribution in [0.1, 0.15) is 91.4 Å². The van der Waals surface area contributed by atoms with Gasteiger partial charge in [-0.2, -0.15) is 0 Å². The van der Waals surface area contributed by atoms with E-state index in [1.165, 1.54) is 0 Å². The molecule has 0 saturated heterocycles. The second-order valence-corrected chi connectivity index (χ2v) is 8.00. The van der Waals surface area contributed by atoms with E-state index in [0.717, 1.165) is 51.4 Å². The maximum atomic E-state index is 12.5. The monoisotopic (exact) mass is 354 g/mol. The van der Waals surface area contributed by atoms with Crippen molar-refractivity contribution in [1.29, 1.82) is 0 Å². The number of aliphatic carboxylic acids is 1. The molecule has 0 radical (unpaired) electrons. The van der Waals surface area contributed by atoms with Gasteiger partial charge in [0.15, 0.2) is 0 Å². The zero-order valence-corrected chi connectivity index (χ0v) is 16.4. The van der Waals surface area contributed by atoms with Crippen LogP contribution in [0.5, 0.6) is 0 Å². The maximum absolute atomic E-state index is 12.5. The molecular formula is C21H38O4. The number of Topliss-reactive ketones (excluding diaryl/α,β-unsaturated/α-hetero) is 1. The van der Waals surface area contributed by atoms with Crippen LogP contribution in [0.25, 0.3) is 0 Å². The summed E-state index contributed by atoms with van der Waals surface area (Å²) in [7, 11) is 0. The molecular weight excluding hydrogens is 316 g/mol. The Bertz CT molecular complexity index is 407. The number of hydrogen-bond donors (Lipinski definition) is 2. The number of carboxylic acids is 1. The number of carbonyl (C=O) groups is 2. The number of carboxylic acid groups (broad SMARTS) is 1. The first-order chi connectivity index (χ1) is 11.9. The van der Waals surface area contributed by atoms with Crippen molar-refractivity contribution in [3.05, 3.63) is 0 Å². The molecule has 0 spiro atoms. The highest BCUT2D eigenvalue weighted by atomic mass is 16.4. The predicted molar refractivity (Wildman–Crippen MR) is 100 cm³/mol. The van der Waals surface area contributed by atoms with Crippen LogP contribution in [0.4, 0.5) is 0 Å². The van der Waals surface area contributed by atoms with Gasteiger partial charge in [0.25, 0.3) is 0 Å². The van der Waals surface area contributed by atoms with Crippen molar-refractivity contribution in [3.63, 3.8) is 0 Å². The van der Waals surface area contributed by atoms with E-state index < -0.39 is 11.9 Å². The van der Waals surface area contributed by atoms with Gasteiger partial charge in [-0.25, -0.2) is 0 Å². The lowest BCUT2D eigenvalue weighted by Crippen LogP contribution is -2.32. The van der Waals surface area contributed by atoms with Crippen LogP contribution in [0.2, 0.25) is 0 Å². The number of aliphatic hydroxyl groups is 1. The predicted octanol–water partition coefficient (Wildman–Crippen LogP) is 4.83. The molecule has 0 aromatic carbocycles. The zero-order valence-electron chi connectivity index (χ0n) is 16.4. The standard InChI is InChI=1S/C21H38O4/c1-4-6-8-10-16(22)12-13-17-15(3)14-19(23)20(17)18(21(24)25)11-9-7-5-2/h15-18,20,22H,4-14H2,1-3H3,(H,24,25)/t15-,16+,17+,18?,20-/m1/s1. The van der Waals surface area contributed by atoms with Crippen LogP contribution < -0.4 is 0 Å². The third-order valence-electron chi connectivity index (χ3n) is 5.93. The summed E-state index contributed by atoms with van der Waals surface area (Å²) in [4.78, 5) is 24.3. The van der Waals surface area contributed by atoms with E-state index in [4.69, 9.17) is 0 Å². The van der Waals surface area contributed by atoms with Gasteiger partial charge in [-0.1, -0.05) is 59.3 Å². The van der Waals surface area contributed by atoms with Crippen molar-refractivity contribution >= 4 is 11.8 Å². The van der Waals surface area contributed by atoms with Crippen molar-refractivity contribution in [2.24, 2.45) is 23.7 Å². The van der Waals surface area contributed by atoms with Gasteiger partial charge in [-0.15, -0.1) is 0 Å². The molecule has 1 rings (SSSR count). The van der Waals surface area contributed by atoms with Crippen molar-refractivity contribution in [3.8, 4) is 0 Å². The maximum Gasteiger partial charge on any atom is 0.307 e. The largest absolute Gasteiger partial charge is 0.481 e. The summed E-state index contributed by atoms with van der Waals surface area (Å²) in [5.74, 6) is -1.26. The number of rotatable bonds is 13. The molecule has 146 valence electrons. The average molecular weight is 355 g/mol. The summed E-state index contributed by atoms with van der Waals surface area (Å²) in [6.07, 6.45) is 9.29. The molecule has 2 N–H and O–H groups in total. The van der Waals surface area contributed by atoms with Gasteiger partial charge in [-0.3, -0.25) is 9.59 Å². The number of aliphatic hydroxyl groups excluding tert-OH is 1. The highest BCUT2D eigenvalue weighted by Crippen LogP contribution is 2.43. The molecule has 0 bridgehead atoms. The lowest BCUT2D eigenvalue weighted by Gasteiger charge is -2.27. The minimum atomic E-state index is -0.822. The SMILES string of the molecule is CCCCCC(C(=O)O)[C@@H]1C(=O)C[C@@H](C)[C@@H]1CC[C@@H](O)CCCCC. The number of carbonyl (C=O) groups excluding carboxylic acids is 1. The van der Waals surface area contributed by atoms with Crippen molar-refractivity contribution in [1.82, 2.24) is 0 Å². The Morgan fingerprint density at radius 1 is 1.08 bits per heavy atom. The van der Waals surface area contributed by atoms with Gasteiger partial charge >= 0.3 is 5.97 Å². The van der Waals surface area contributed by atoms with Crippen molar-refractivity contribution < 1.29 is 19.8 Å². The van der Waals surface area contributed by atoms with Gasteiger partial charge < -0.3 is 10.2 Å². The van der Waals surface area contributed by atoms with E-state index in [0.29, 0.717) is 19.3 Å². The Hall–Kier alpha value is -0.900. The Labute approximate surface area is 153 Å². The van der Waals surface area contributed by atoms with E-state index >= 15 is 0 Å². The lowest BCUT2D eigenvalue weighted by molar-refractivity contribution is -0.147. The number of unbranched alkanes of at least 4 members (excludes halogenated alkanes) is 4. The van der Waals surface area contributed by atoms with E-state index in [-0.39, 0.29) is 29.6 Å². The molecule has 0 heterocycles. The quantitative estimate of drug-likeness (QED) is 0.465. The summed E-state index contributed by atoms with van der Waals surface area (Å²) in [6, 6.07) is 0. The van der Waals surface area contributed by atoms with Gasteiger partial charge in [0.1, 0.15) is 5.78 Å². The summed E-state index contributed by atoms with van der Waals surface area (Å²) < 4.78 is 0. The van der Waals surface area contributed by atoms with Crippen LogP contribution in [-0.4, -0.2) is 28.1 Å². The second-order valence-electron chi connectivity index (χ2n) is 8.00. The first kappa shape index (κ1) is 22.1.